The lowest BCUT2D eigenvalue weighted by atomic mass is 10.0. The number of halogens is 3. The molecule has 0 aliphatic carbocycles. The highest BCUT2D eigenvalue weighted by atomic mass is 19.4. The fourth-order valence-corrected chi connectivity index (χ4v) is 2.18. The van der Waals surface area contributed by atoms with Crippen LogP contribution in [0.25, 0.3) is 0 Å². The number of alkyl halides is 3. The fourth-order valence-electron chi connectivity index (χ4n) is 2.18. The molecule has 0 aromatic heterocycles. The normalized spacial score (nSPS) is 12.3. The third kappa shape index (κ3) is 3.92. The van der Waals surface area contributed by atoms with Crippen LogP contribution in [0, 0.1) is 0 Å². The number of nitrogens with one attached hydrogen (secondary N) is 1. The molecular weight excluding hydrogens is 323 g/mol. The van der Waals surface area contributed by atoms with Gasteiger partial charge in [0.05, 0.1) is 18.2 Å². The van der Waals surface area contributed by atoms with Gasteiger partial charge in [-0.15, -0.1) is 0 Å². The van der Waals surface area contributed by atoms with Gasteiger partial charge in [-0.25, -0.2) is 4.79 Å². The van der Waals surface area contributed by atoms with E-state index in [0.29, 0.717) is 5.56 Å². The van der Waals surface area contributed by atoms with E-state index in [0.717, 1.165) is 19.2 Å². The summed E-state index contributed by atoms with van der Waals surface area (Å²) in [6.45, 7) is 0. The van der Waals surface area contributed by atoms with Crippen molar-refractivity contribution in [2.75, 3.05) is 7.11 Å². The number of ether oxygens (including phenoxy) is 1. The van der Waals surface area contributed by atoms with E-state index < -0.39 is 35.2 Å². The Hall–Kier alpha value is -2.83. The molecule has 0 aliphatic heterocycles. The van der Waals surface area contributed by atoms with Crippen molar-refractivity contribution in [3.63, 3.8) is 0 Å². The summed E-state index contributed by atoms with van der Waals surface area (Å²) in [4.78, 5) is 24.2. The zero-order chi connectivity index (χ0) is 17.7. The number of hydrogen-bond acceptors (Lipinski definition) is 3. The van der Waals surface area contributed by atoms with Gasteiger partial charge in [-0.1, -0.05) is 42.5 Å². The molecule has 7 heteroatoms. The first-order chi connectivity index (χ1) is 11.3. The molecule has 4 nitrogen and oxygen atoms in total. The number of rotatable bonds is 4. The summed E-state index contributed by atoms with van der Waals surface area (Å²) in [6, 6.07) is 11.3. The SMILES string of the molecule is COC(=O)C(NC(=O)c1ccccc1C(F)(F)F)c1ccccc1. The van der Waals surface area contributed by atoms with Crippen LogP contribution in [0.15, 0.2) is 54.6 Å². The van der Waals surface area contributed by atoms with Gasteiger partial charge >= 0.3 is 12.1 Å². The van der Waals surface area contributed by atoms with Crippen molar-refractivity contribution in [1.29, 1.82) is 0 Å². The maximum atomic E-state index is 13.0. The number of methoxy groups -OCH3 is 1. The predicted octanol–water partition coefficient (Wildman–Crippen LogP) is 3.35. The van der Waals surface area contributed by atoms with Gasteiger partial charge in [0.15, 0.2) is 6.04 Å². The first-order valence-electron chi connectivity index (χ1n) is 6.94. The van der Waals surface area contributed by atoms with Gasteiger partial charge in [0, 0.05) is 0 Å². The third-order valence-electron chi connectivity index (χ3n) is 3.32. The molecule has 0 saturated carbocycles. The molecule has 24 heavy (non-hydrogen) atoms. The Morgan fingerprint density at radius 2 is 1.58 bits per heavy atom. The van der Waals surface area contributed by atoms with E-state index in [4.69, 9.17) is 0 Å². The molecule has 0 saturated heterocycles. The van der Waals surface area contributed by atoms with E-state index in [9.17, 15) is 22.8 Å². The molecule has 0 fully saturated rings. The molecule has 1 N–H and O–H groups in total. The summed E-state index contributed by atoms with van der Waals surface area (Å²) >= 11 is 0. The Bertz CT molecular complexity index is 729. The highest BCUT2D eigenvalue weighted by molar-refractivity contribution is 5.98. The molecule has 2 rings (SSSR count). The summed E-state index contributed by atoms with van der Waals surface area (Å²) < 4.78 is 43.7. The topological polar surface area (TPSA) is 55.4 Å². The van der Waals surface area contributed by atoms with Crippen LogP contribution in [0.4, 0.5) is 13.2 Å². The number of amides is 1. The minimum Gasteiger partial charge on any atom is -0.467 e. The fraction of sp³-hybridized carbons (Fsp3) is 0.176. The molecule has 0 heterocycles. The van der Waals surface area contributed by atoms with Crippen molar-refractivity contribution in [2.45, 2.75) is 12.2 Å². The summed E-state index contributed by atoms with van der Waals surface area (Å²) in [5, 5.41) is 2.30. The zero-order valence-electron chi connectivity index (χ0n) is 12.6. The van der Waals surface area contributed by atoms with E-state index in [1.807, 2.05) is 0 Å². The Morgan fingerprint density at radius 1 is 1.00 bits per heavy atom. The monoisotopic (exact) mass is 337 g/mol. The Balaban J connectivity index is 2.35. The molecule has 0 aliphatic rings. The van der Waals surface area contributed by atoms with Crippen LogP contribution in [0.2, 0.25) is 0 Å². The number of carbonyl (C=O) groups excluding carboxylic acids is 2. The lowest BCUT2D eigenvalue weighted by Crippen LogP contribution is -2.35. The largest absolute Gasteiger partial charge is 0.467 e. The van der Waals surface area contributed by atoms with E-state index >= 15 is 0 Å². The Kier molecular flexibility index (Phi) is 5.23. The molecule has 1 amide bonds. The predicted molar refractivity (Wildman–Crippen MR) is 80.1 cm³/mol. The number of benzene rings is 2. The molecule has 0 spiro atoms. The van der Waals surface area contributed by atoms with Gasteiger partial charge in [-0.2, -0.15) is 13.2 Å². The molecule has 0 bridgehead atoms. The van der Waals surface area contributed by atoms with E-state index in [2.05, 4.69) is 10.1 Å². The van der Waals surface area contributed by atoms with Crippen molar-refractivity contribution < 1.29 is 27.5 Å². The van der Waals surface area contributed by atoms with Gasteiger partial charge in [-0.3, -0.25) is 4.79 Å². The molecule has 0 radical (unpaired) electrons. The van der Waals surface area contributed by atoms with Gasteiger partial charge in [0.2, 0.25) is 0 Å². The average molecular weight is 337 g/mol. The second-order valence-electron chi connectivity index (χ2n) is 4.88. The van der Waals surface area contributed by atoms with Crippen LogP contribution in [0.5, 0.6) is 0 Å². The summed E-state index contributed by atoms with van der Waals surface area (Å²) in [6.07, 6.45) is -4.68. The molecule has 2 aromatic carbocycles. The lowest BCUT2D eigenvalue weighted by Gasteiger charge is -2.18. The number of carbonyl (C=O) groups is 2. The van der Waals surface area contributed by atoms with Gasteiger partial charge in [-0.05, 0) is 17.7 Å². The summed E-state index contributed by atoms with van der Waals surface area (Å²) in [5.74, 6) is -1.79. The van der Waals surface area contributed by atoms with Gasteiger partial charge in [0.25, 0.3) is 5.91 Å². The molecule has 1 unspecified atom stereocenters. The summed E-state index contributed by atoms with van der Waals surface area (Å²) in [5.41, 5.74) is -1.23. The second kappa shape index (κ2) is 7.16. The molecule has 126 valence electrons. The van der Waals surface area contributed by atoms with Crippen LogP contribution < -0.4 is 5.32 Å². The van der Waals surface area contributed by atoms with Crippen molar-refractivity contribution >= 4 is 11.9 Å². The third-order valence-corrected chi connectivity index (χ3v) is 3.32. The van der Waals surface area contributed by atoms with E-state index in [-0.39, 0.29) is 0 Å². The first kappa shape index (κ1) is 17.5. The van der Waals surface area contributed by atoms with Crippen LogP contribution in [0.1, 0.15) is 27.5 Å². The Labute approximate surface area is 136 Å². The highest BCUT2D eigenvalue weighted by Crippen LogP contribution is 2.32. The second-order valence-corrected chi connectivity index (χ2v) is 4.88. The van der Waals surface area contributed by atoms with Crippen LogP contribution in [0.3, 0.4) is 0 Å². The minimum absolute atomic E-state index is 0.405. The lowest BCUT2D eigenvalue weighted by molar-refractivity contribution is -0.143. The molecule has 1 atom stereocenters. The highest BCUT2D eigenvalue weighted by Gasteiger charge is 2.35. The first-order valence-corrected chi connectivity index (χ1v) is 6.94. The van der Waals surface area contributed by atoms with Crippen LogP contribution in [-0.4, -0.2) is 19.0 Å². The van der Waals surface area contributed by atoms with Crippen molar-refractivity contribution in [1.82, 2.24) is 5.32 Å². The average Bonchev–Trinajstić information content (AvgIpc) is 2.58. The summed E-state index contributed by atoms with van der Waals surface area (Å²) in [7, 11) is 1.13. The minimum atomic E-state index is -4.68. The van der Waals surface area contributed by atoms with E-state index in [1.54, 1.807) is 30.3 Å². The van der Waals surface area contributed by atoms with E-state index in [1.165, 1.54) is 12.1 Å². The number of esters is 1. The standard InChI is InChI=1S/C17H14F3NO3/c1-24-16(23)14(11-7-3-2-4-8-11)21-15(22)12-9-5-6-10-13(12)17(18,19)20/h2-10,14H,1H3,(H,21,22). The van der Waals surface area contributed by atoms with Gasteiger partial charge < -0.3 is 10.1 Å². The van der Waals surface area contributed by atoms with Crippen LogP contribution >= 0.6 is 0 Å². The van der Waals surface area contributed by atoms with Crippen molar-refractivity contribution in [3.8, 4) is 0 Å². The van der Waals surface area contributed by atoms with Crippen molar-refractivity contribution in [3.05, 3.63) is 71.3 Å². The maximum absolute atomic E-state index is 13.0. The van der Waals surface area contributed by atoms with Gasteiger partial charge in [0.1, 0.15) is 0 Å². The van der Waals surface area contributed by atoms with Crippen molar-refractivity contribution in [2.24, 2.45) is 0 Å². The zero-order valence-corrected chi connectivity index (χ0v) is 12.6. The smallest absolute Gasteiger partial charge is 0.417 e. The Morgan fingerprint density at radius 3 is 2.17 bits per heavy atom. The van der Waals surface area contributed by atoms with Crippen LogP contribution in [-0.2, 0) is 15.7 Å². The maximum Gasteiger partial charge on any atom is 0.417 e. The molecule has 2 aromatic rings. The molecular formula is C17H14F3NO3. The quantitative estimate of drug-likeness (QED) is 0.871. The number of hydrogen-bond donors (Lipinski definition) is 1.